The SMILES string of the molecule is Cc1nc(CN2CCN(c3cc(C#N)ccc3[N+](=O)[O-])CC2)cs1. The van der Waals surface area contributed by atoms with Crippen LogP contribution in [0.15, 0.2) is 23.6 Å². The molecule has 0 spiro atoms. The van der Waals surface area contributed by atoms with Crippen LogP contribution >= 0.6 is 11.3 Å². The van der Waals surface area contributed by atoms with Gasteiger partial charge in [0.1, 0.15) is 5.69 Å². The van der Waals surface area contributed by atoms with Gasteiger partial charge in [-0.15, -0.1) is 11.3 Å². The quantitative estimate of drug-likeness (QED) is 0.626. The van der Waals surface area contributed by atoms with Crippen LogP contribution in [0, 0.1) is 28.4 Å². The fourth-order valence-electron chi connectivity index (χ4n) is 2.86. The van der Waals surface area contributed by atoms with E-state index in [1.165, 1.54) is 12.1 Å². The molecule has 124 valence electrons. The van der Waals surface area contributed by atoms with Gasteiger partial charge in [-0.3, -0.25) is 15.0 Å². The van der Waals surface area contributed by atoms with E-state index in [2.05, 4.69) is 15.3 Å². The molecular formula is C16H17N5O2S. The summed E-state index contributed by atoms with van der Waals surface area (Å²) in [6, 6.07) is 6.56. The van der Waals surface area contributed by atoms with E-state index in [1.54, 1.807) is 17.4 Å². The fourth-order valence-corrected chi connectivity index (χ4v) is 3.46. The summed E-state index contributed by atoms with van der Waals surface area (Å²) >= 11 is 1.65. The summed E-state index contributed by atoms with van der Waals surface area (Å²) in [5.41, 5.74) is 2.10. The maximum absolute atomic E-state index is 11.3. The van der Waals surface area contributed by atoms with Crippen LogP contribution in [-0.4, -0.2) is 41.0 Å². The van der Waals surface area contributed by atoms with E-state index >= 15 is 0 Å². The summed E-state index contributed by atoms with van der Waals surface area (Å²) in [6.07, 6.45) is 0. The Balaban J connectivity index is 1.70. The van der Waals surface area contributed by atoms with Gasteiger partial charge in [-0.2, -0.15) is 5.26 Å². The molecule has 1 fully saturated rings. The summed E-state index contributed by atoms with van der Waals surface area (Å²) in [5.74, 6) is 0. The van der Waals surface area contributed by atoms with Crippen molar-refractivity contribution in [2.45, 2.75) is 13.5 Å². The zero-order chi connectivity index (χ0) is 17.1. The third kappa shape index (κ3) is 3.53. The van der Waals surface area contributed by atoms with E-state index < -0.39 is 0 Å². The van der Waals surface area contributed by atoms with E-state index in [0.29, 0.717) is 24.3 Å². The Morgan fingerprint density at radius 3 is 2.71 bits per heavy atom. The number of hydrogen-bond acceptors (Lipinski definition) is 7. The molecule has 0 atom stereocenters. The van der Waals surface area contributed by atoms with Crippen LogP contribution in [-0.2, 0) is 6.54 Å². The number of nitro benzene ring substituents is 1. The second-order valence-electron chi connectivity index (χ2n) is 5.69. The first-order valence-electron chi connectivity index (χ1n) is 7.63. The van der Waals surface area contributed by atoms with Crippen LogP contribution in [0.1, 0.15) is 16.3 Å². The molecule has 0 unspecified atom stereocenters. The van der Waals surface area contributed by atoms with E-state index in [0.717, 1.165) is 30.3 Å². The molecule has 0 aliphatic carbocycles. The Morgan fingerprint density at radius 2 is 2.12 bits per heavy atom. The predicted octanol–water partition coefficient (Wildman–Crippen LogP) is 2.55. The van der Waals surface area contributed by atoms with E-state index in [4.69, 9.17) is 5.26 Å². The lowest BCUT2D eigenvalue weighted by atomic mass is 10.1. The molecule has 8 heteroatoms. The van der Waals surface area contributed by atoms with Crippen LogP contribution in [0.3, 0.4) is 0 Å². The number of hydrogen-bond donors (Lipinski definition) is 0. The molecule has 1 aliphatic heterocycles. The number of thiazole rings is 1. The highest BCUT2D eigenvalue weighted by molar-refractivity contribution is 7.09. The number of aryl methyl sites for hydroxylation is 1. The second-order valence-corrected chi connectivity index (χ2v) is 6.76. The van der Waals surface area contributed by atoms with Gasteiger partial charge in [-0.25, -0.2) is 4.98 Å². The van der Waals surface area contributed by atoms with Gasteiger partial charge in [0.15, 0.2) is 0 Å². The minimum atomic E-state index is -0.388. The minimum absolute atomic E-state index is 0.0533. The molecule has 1 aromatic carbocycles. The van der Waals surface area contributed by atoms with Crippen molar-refractivity contribution < 1.29 is 4.92 Å². The summed E-state index contributed by atoms with van der Waals surface area (Å²) in [4.78, 5) is 19.6. The lowest BCUT2D eigenvalue weighted by Crippen LogP contribution is -2.46. The van der Waals surface area contributed by atoms with Crippen molar-refractivity contribution in [2.75, 3.05) is 31.1 Å². The zero-order valence-electron chi connectivity index (χ0n) is 13.3. The topological polar surface area (TPSA) is 86.3 Å². The molecule has 1 aliphatic rings. The van der Waals surface area contributed by atoms with E-state index in [1.807, 2.05) is 17.9 Å². The van der Waals surface area contributed by atoms with Crippen molar-refractivity contribution in [3.8, 4) is 6.07 Å². The lowest BCUT2D eigenvalue weighted by Gasteiger charge is -2.35. The van der Waals surface area contributed by atoms with E-state index in [9.17, 15) is 10.1 Å². The summed E-state index contributed by atoms with van der Waals surface area (Å²) < 4.78 is 0. The molecule has 0 N–H and O–H groups in total. The van der Waals surface area contributed by atoms with Gasteiger partial charge >= 0.3 is 0 Å². The Labute approximate surface area is 143 Å². The van der Waals surface area contributed by atoms with E-state index in [-0.39, 0.29) is 10.6 Å². The average Bonchev–Trinajstić information content (AvgIpc) is 2.99. The monoisotopic (exact) mass is 343 g/mol. The van der Waals surface area contributed by atoms with Crippen molar-refractivity contribution in [1.82, 2.24) is 9.88 Å². The highest BCUT2D eigenvalue weighted by atomic mass is 32.1. The number of nitrogens with zero attached hydrogens (tertiary/aromatic N) is 5. The largest absolute Gasteiger partial charge is 0.363 e. The summed E-state index contributed by atoms with van der Waals surface area (Å²) in [7, 11) is 0. The number of piperazine rings is 1. The molecule has 0 saturated carbocycles. The molecule has 1 aromatic heterocycles. The standard InChI is InChI=1S/C16H17N5O2S/c1-12-18-14(11-24-12)10-19-4-6-20(7-5-19)16-8-13(9-17)2-3-15(16)21(22)23/h2-3,8,11H,4-7,10H2,1H3. The predicted molar refractivity (Wildman–Crippen MR) is 92.2 cm³/mol. The molecule has 24 heavy (non-hydrogen) atoms. The van der Waals surface area contributed by atoms with Crippen LogP contribution in [0.25, 0.3) is 0 Å². The van der Waals surface area contributed by atoms with Crippen molar-refractivity contribution in [3.05, 3.63) is 50.0 Å². The summed E-state index contributed by atoms with van der Waals surface area (Å²) in [5, 5.41) is 23.4. The van der Waals surface area contributed by atoms with Crippen molar-refractivity contribution in [3.63, 3.8) is 0 Å². The smallest absolute Gasteiger partial charge is 0.292 e. The maximum Gasteiger partial charge on any atom is 0.292 e. The molecule has 3 rings (SSSR count). The number of anilines is 1. The lowest BCUT2D eigenvalue weighted by molar-refractivity contribution is -0.384. The summed E-state index contributed by atoms with van der Waals surface area (Å²) in [6.45, 7) is 5.80. The molecule has 7 nitrogen and oxygen atoms in total. The third-order valence-electron chi connectivity index (χ3n) is 4.07. The molecular weight excluding hydrogens is 326 g/mol. The van der Waals surface area contributed by atoms with Crippen LogP contribution in [0.5, 0.6) is 0 Å². The first-order valence-corrected chi connectivity index (χ1v) is 8.51. The average molecular weight is 343 g/mol. The maximum atomic E-state index is 11.3. The Hall–Kier alpha value is -2.50. The van der Waals surface area contributed by atoms with Crippen LogP contribution in [0.4, 0.5) is 11.4 Å². The second kappa shape index (κ2) is 6.95. The third-order valence-corrected chi connectivity index (χ3v) is 4.89. The number of rotatable bonds is 4. The van der Waals surface area contributed by atoms with Gasteiger partial charge in [-0.1, -0.05) is 0 Å². The minimum Gasteiger partial charge on any atom is -0.363 e. The van der Waals surface area contributed by atoms with Crippen molar-refractivity contribution in [2.24, 2.45) is 0 Å². The number of nitro groups is 1. The Morgan fingerprint density at radius 1 is 1.38 bits per heavy atom. The van der Waals surface area contributed by atoms with Crippen LogP contribution in [0.2, 0.25) is 0 Å². The molecule has 2 heterocycles. The number of nitriles is 1. The molecule has 2 aromatic rings. The normalized spacial score (nSPS) is 15.2. The van der Waals surface area contributed by atoms with Crippen molar-refractivity contribution >= 4 is 22.7 Å². The molecule has 0 amide bonds. The fraction of sp³-hybridized carbons (Fsp3) is 0.375. The Kier molecular flexibility index (Phi) is 4.74. The van der Waals surface area contributed by atoms with Gasteiger partial charge < -0.3 is 4.90 Å². The van der Waals surface area contributed by atoms with Crippen molar-refractivity contribution in [1.29, 1.82) is 5.26 Å². The van der Waals surface area contributed by atoms with Gasteiger partial charge in [0.25, 0.3) is 5.69 Å². The first-order chi connectivity index (χ1) is 11.6. The van der Waals surface area contributed by atoms with Gasteiger partial charge in [0, 0.05) is 44.2 Å². The van der Waals surface area contributed by atoms with Gasteiger partial charge in [0.05, 0.1) is 27.3 Å². The molecule has 1 saturated heterocycles. The van der Waals surface area contributed by atoms with Gasteiger partial charge in [-0.05, 0) is 19.1 Å². The van der Waals surface area contributed by atoms with Crippen LogP contribution < -0.4 is 4.90 Å². The number of benzene rings is 1. The highest BCUT2D eigenvalue weighted by Crippen LogP contribution is 2.30. The highest BCUT2D eigenvalue weighted by Gasteiger charge is 2.24. The number of aromatic nitrogens is 1. The molecule has 0 radical (unpaired) electrons. The Bertz CT molecular complexity index is 790. The molecule has 0 bridgehead atoms. The van der Waals surface area contributed by atoms with Gasteiger partial charge in [0.2, 0.25) is 0 Å². The first kappa shape index (κ1) is 16.4. The zero-order valence-corrected chi connectivity index (χ0v) is 14.1.